The lowest BCUT2D eigenvalue weighted by Gasteiger charge is -2.30. The van der Waals surface area contributed by atoms with Gasteiger partial charge in [-0.3, -0.25) is 9.59 Å². The number of carboxylic acid groups (broad SMARTS) is 1. The fraction of sp³-hybridized carbons (Fsp3) is 0.241. The second-order valence-electron chi connectivity index (χ2n) is 9.17. The Balaban J connectivity index is 1.45. The van der Waals surface area contributed by atoms with Gasteiger partial charge < -0.3 is 14.6 Å². The van der Waals surface area contributed by atoms with E-state index >= 15 is 0 Å². The van der Waals surface area contributed by atoms with Gasteiger partial charge in [-0.15, -0.1) is 0 Å². The van der Waals surface area contributed by atoms with Crippen molar-refractivity contribution < 1.29 is 19.1 Å². The van der Waals surface area contributed by atoms with E-state index in [-0.39, 0.29) is 24.2 Å². The van der Waals surface area contributed by atoms with Crippen LogP contribution in [0.15, 0.2) is 78.9 Å². The number of fused-ring (bicyclic) bond motifs is 3. The third-order valence-electron chi connectivity index (χ3n) is 6.81. The van der Waals surface area contributed by atoms with Crippen molar-refractivity contribution in [3.05, 3.63) is 107 Å². The summed E-state index contributed by atoms with van der Waals surface area (Å²) in [5.74, 6) is -1.37. The van der Waals surface area contributed by atoms with E-state index in [9.17, 15) is 19.1 Å². The Morgan fingerprint density at radius 2 is 1.66 bits per heavy atom. The highest BCUT2D eigenvalue weighted by Crippen LogP contribution is 2.35. The van der Waals surface area contributed by atoms with Crippen molar-refractivity contribution in [3.63, 3.8) is 0 Å². The van der Waals surface area contributed by atoms with Gasteiger partial charge in [-0.2, -0.15) is 0 Å². The SMILES string of the molecule is O=C(O)Cn1c2c(c3ccccc31)CC(C(=O)N(Cc1ccccc1)Cc1cccc(F)c1)CC2. The molecule has 1 unspecified atom stereocenters. The number of carbonyl (C=O) groups excluding carboxylic acids is 1. The van der Waals surface area contributed by atoms with Crippen molar-refractivity contribution in [2.45, 2.75) is 38.9 Å². The number of amides is 1. The first-order valence-corrected chi connectivity index (χ1v) is 11.9. The minimum Gasteiger partial charge on any atom is -0.480 e. The van der Waals surface area contributed by atoms with Crippen LogP contribution < -0.4 is 0 Å². The average molecular weight is 471 g/mol. The number of aromatic nitrogens is 1. The topological polar surface area (TPSA) is 62.5 Å². The molecule has 1 atom stereocenters. The molecule has 0 bridgehead atoms. The number of hydrogen-bond donors (Lipinski definition) is 1. The summed E-state index contributed by atoms with van der Waals surface area (Å²) in [5.41, 5.74) is 4.75. The fourth-order valence-electron chi connectivity index (χ4n) is 5.26. The molecule has 1 aliphatic rings. The second-order valence-corrected chi connectivity index (χ2v) is 9.17. The summed E-state index contributed by atoms with van der Waals surface area (Å²) >= 11 is 0. The zero-order valence-electron chi connectivity index (χ0n) is 19.4. The van der Waals surface area contributed by atoms with Crippen molar-refractivity contribution in [2.75, 3.05) is 0 Å². The normalized spacial score (nSPS) is 15.1. The van der Waals surface area contributed by atoms with Gasteiger partial charge in [-0.05, 0) is 54.2 Å². The molecule has 1 aliphatic carbocycles. The maximum atomic E-state index is 13.9. The Hall–Kier alpha value is -3.93. The maximum Gasteiger partial charge on any atom is 0.323 e. The van der Waals surface area contributed by atoms with Crippen molar-refractivity contribution in [3.8, 4) is 0 Å². The van der Waals surface area contributed by atoms with Crippen LogP contribution in [-0.2, 0) is 42.1 Å². The lowest BCUT2D eigenvalue weighted by atomic mass is 9.85. The number of hydrogen-bond acceptors (Lipinski definition) is 2. The molecule has 1 N–H and O–H groups in total. The van der Waals surface area contributed by atoms with Crippen LogP contribution in [-0.4, -0.2) is 26.5 Å². The first-order chi connectivity index (χ1) is 17.0. The van der Waals surface area contributed by atoms with Crippen LogP contribution in [0, 0.1) is 11.7 Å². The lowest BCUT2D eigenvalue weighted by molar-refractivity contribution is -0.138. The van der Waals surface area contributed by atoms with Crippen LogP contribution in [0.1, 0.15) is 28.8 Å². The van der Waals surface area contributed by atoms with Gasteiger partial charge in [0.2, 0.25) is 5.91 Å². The van der Waals surface area contributed by atoms with E-state index < -0.39 is 5.97 Å². The van der Waals surface area contributed by atoms with Crippen molar-refractivity contribution in [1.29, 1.82) is 0 Å². The molecule has 178 valence electrons. The van der Waals surface area contributed by atoms with E-state index in [4.69, 9.17) is 0 Å². The molecule has 35 heavy (non-hydrogen) atoms. The number of halogens is 1. The van der Waals surface area contributed by atoms with Gasteiger partial charge in [0.1, 0.15) is 12.4 Å². The number of para-hydroxylation sites is 1. The van der Waals surface area contributed by atoms with E-state index in [1.54, 1.807) is 6.07 Å². The molecule has 0 aliphatic heterocycles. The summed E-state index contributed by atoms with van der Waals surface area (Å²) in [4.78, 5) is 27.2. The monoisotopic (exact) mass is 470 g/mol. The summed E-state index contributed by atoms with van der Waals surface area (Å²) in [5, 5.41) is 10.5. The molecule has 1 heterocycles. The molecule has 1 amide bonds. The fourth-order valence-corrected chi connectivity index (χ4v) is 5.26. The smallest absolute Gasteiger partial charge is 0.323 e. The summed E-state index contributed by atoms with van der Waals surface area (Å²) < 4.78 is 15.7. The molecule has 5 nitrogen and oxygen atoms in total. The number of nitrogens with zero attached hydrogens (tertiary/aromatic N) is 2. The average Bonchev–Trinajstić information content (AvgIpc) is 3.16. The summed E-state index contributed by atoms with van der Waals surface area (Å²) in [6.07, 6.45) is 1.86. The van der Waals surface area contributed by atoms with Crippen LogP contribution in [0.3, 0.4) is 0 Å². The minimum absolute atomic E-state index is 0.0406. The Labute approximate surface area is 203 Å². The second kappa shape index (κ2) is 9.74. The zero-order valence-corrected chi connectivity index (χ0v) is 19.4. The molecule has 0 fully saturated rings. The molecule has 6 heteroatoms. The van der Waals surface area contributed by atoms with Crippen LogP contribution in [0.4, 0.5) is 4.39 Å². The summed E-state index contributed by atoms with van der Waals surface area (Å²) in [6.45, 7) is 0.685. The molecule has 0 spiro atoms. The Morgan fingerprint density at radius 1 is 0.943 bits per heavy atom. The quantitative estimate of drug-likeness (QED) is 0.404. The van der Waals surface area contributed by atoms with Crippen LogP contribution in [0.5, 0.6) is 0 Å². The number of carbonyl (C=O) groups is 2. The molecular formula is C29H27FN2O3. The minimum atomic E-state index is -0.879. The molecular weight excluding hydrogens is 443 g/mol. The molecule has 0 saturated carbocycles. The zero-order chi connectivity index (χ0) is 24.4. The van der Waals surface area contributed by atoms with Gasteiger partial charge in [0.15, 0.2) is 0 Å². The third kappa shape index (κ3) is 4.83. The van der Waals surface area contributed by atoms with Gasteiger partial charge in [-0.1, -0.05) is 60.7 Å². The standard InChI is InChI=1S/C29H27FN2O3/c30-23-10-6-9-21(15-23)18-31(17-20-7-2-1-3-8-20)29(35)22-13-14-27-25(16-22)24-11-4-5-12-26(24)32(27)19-28(33)34/h1-12,15,22H,13-14,16-19H2,(H,33,34). The van der Waals surface area contributed by atoms with Gasteiger partial charge in [0, 0.05) is 35.6 Å². The highest BCUT2D eigenvalue weighted by atomic mass is 19.1. The van der Waals surface area contributed by atoms with Gasteiger partial charge >= 0.3 is 5.97 Å². The highest BCUT2D eigenvalue weighted by Gasteiger charge is 2.32. The first kappa shape index (κ1) is 22.8. The van der Waals surface area contributed by atoms with E-state index in [2.05, 4.69) is 0 Å². The Morgan fingerprint density at radius 3 is 2.43 bits per heavy atom. The Kier molecular flexibility index (Phi) is 6.36. The number of rotatable bonds is 7. The Bertz CT molecular complexity index is 1380. The van der Waals surface area contributed by atoms with E-state index in [1.165, 1.54) is 12.1 Å². The van der Waals surface area contributed by atoms with Gasteiger partial charge in [0.25, 0.3) is 0 Å². The first-order valence-electron chi connectivity index (χ1n) is 11.9. The van der Waals surface area contributed by atoms with Gasteiger partial charge in [-0.25, -0.2) is 4.39 Å². The van der Waals surface area contributed by atoms with Crippen LogP contribution in [0.2, 0.25) is 0 Å². The number of benzene rings is 3. The number of aliphatic carboxylic acids is 1. The molecule has 1 aromatic heterocycles. The summed E-state index contributed by atoms with van der Waals surface area (Å²) in [6, 6.07) is 24.0. The largest absolute Gasteiger partial charge is 0.480 e. The van der Waals surface area contributed by atoms with Crippen LogP contribution >= 0.6 is 0 Å². The molecule has 5 rings (SSSR count). The highest BCUT2D eigenvalue weighted by molar-refractivity contribution is 5.88. The molecule has 3 aromatic carbocycles. The molecule has 0 radical (unpaired) electrons. The predicted octanol–water partition coefficient (Wildman–Crippen LogP) is 5.20. The number of carboxylic acids is 1. The third-order valence-corrected chi connectivity index (χ3v) is 6.81. The molecule has 0 saturated heterocycles. The van der Waals surface area contributed by atoms with E-state index in [0.717, 1.165) is 33.3 Å². The summed E-state index contributed by atoms with van der Waals surface area (Å²) in [7, 11) is 0. The lowest BCUT2D eigenvalue weighted by Crippen LogP contribution is -2.38. The van der Waals surface area contributed by atoms with Crippen molar-refractivity contribution >= 4 is 22.8 Å². The van der Waals surface area contributed by atoms with E-state index in [0.29, 0.717) is 32.4 Å². The van der Waals surface area contributed by atoms with Gasteiger partial charge in [0.05, 0.1) is 0 Å². The van der Waals surface area contributed by atoms with Crippen molar-refractivity contribution in [1.82, 2.24) is 9.47 Å². The maximum absolute atomic E-state index is 13.9. The predicted molar refractivity (Wildman–Crippen MR) is 132 cm³/mol. The van der Waals surface area contributed by atoms with Crippen molar-refractivity contribution in [2.24, 2.45) is 5.92 Å². The molecule has 4 aromatic rings. The van der Waals surface area contributed by atoms with Crippen LogP contribution in [0.25, 0.3) is 10.9 Å². The van der Waals surface area contributed by atoms with E-state index in [1.807, 2.05) is 70.1 Å².